The Morgan fingerprint density at radius 2 is 2.15 bits per heavy atom. The van der Waals surface area contributed by atoms with Crippen LogP contribution in [0.25, 0.3) is 22.2 Å². The van der Waals surface area contributed by atoms with Gasteiger partial charge in [-0.15, -0.1) is 0 Å². The number of hydrogen-bond acceptors (Lipinski definition) is 4. The summed E-state index contributed by atoms with van der Waals surface area (Å²) >= 11 is 0. The summed E-state index contributed by atoms with van der Waals surface area (Å²) in [6.45, 7) is 4.55. The third-order valence-corrected chi connectivity index (χ3v) is 3.14. The molecule has 0 bridgehead atoms. The summed E-state index contributed by atoms with van der Waals surface area (Å²) in [6, 6.07) is 9.96. The molecule has 2 heterocycles. The average Bonchev–Trinajstić information content (AvgIpc) is 2.80. The van der Waals surface area contributed by atoms with Crippen molar-refractivity contribution >= 4 is 16.9 Å². The second kappa shape index (κ2) is 4.85. The smallest absolute Gasteiger partial charge is 0.183 e. The number of nitrogen functional groups attached to an aromatic ring is 1. The van der Waals surface area contributed by atoms with Gasteiger partial charge < -0.3 is 10.5 Å². The molecule has 0 saturated carbocycles. The fourth-order valence-corrected chi connectivity index (χ4v) is 2.32. The van der Waals surface area contributed by atoms with Gasteiger partial charge in [-0.3, -0.25) is 5.10 Å². The molecular weight excluding hydrogens is 252 g/mol. The third kappa shape index (κ3) is 2.07. The molecule has 0 aliphatic heterocycles. The number of anilines is 1. The Kier molecular flexibility index (Phi) is 3.02. The summed E-state index contributed by atoms with van der Waals surface area (Å²) < 4.78 is 5.55. The van der Waals surface area contributed by atoms with Gasteiger partial charge in [0, 0.05) is 5.69 Å². The number of H-pyrrole nitrogens is 1. The van der Waals surface area contributed by atoms with Crippen molar-refractivity contribution in [3.05, 3.63) is 36.0 Å². The molecule has 1 aromatic carbocycles. The van der Waals surface area contributed by atoms with Crippen LogP contribution < -0.4 is 10.5 Å². The van der Waals surface area contributed by atoms with Crippen LogP contribution in [0.5, 0.6) is 5.75 Å². The van der Waals surface area contributed by atoms with Crippen LogP contribution >= 0.6 is 0 Å². The zero-order chi connectivity index (χ0) is 14.1. The molecular formula is C15H16N4O. The van der Waals surface area contributed by atoms with Gasteiger partial charge in [0.1, 0.15) is 11.6 Å². The predicted octanol–water partition coefficient (Wildman–Crippen LogP) is 2.91. The molecule has 20 heavy (non-hydrogen) atoms. The first-order valence-corrected chi connectivity index (χ1v) is 6.53. The van der Waals surface area contributed by atoms with E-state index in [4.69, 9.17) is 10.5 Å². The number of aryl methyl sites for hydroxylation is 1. The maximum absolute atomic E-state index is 5.97. The number of nitrogens with two attached hydrogens (primary N) is 1. The minimum atomic E-state index is 0.532. The van der Waals surface area contributed by atoms with E-state index in [9.17, 15) is 0 Å². The molecule has 5 nitrogen and oxygen atoms in total. The van der Waals surface area contributed by atoms with E-state index in [-0.39, 0.29) is 0 Å². The molecule has 0 aliphatic carbocycles. The SMILES string of the molecule is CCOc1cccc(-c2cc(C)nc3n[nH]c(N)c23)c1. The number of aromatic amines is 1. The summed E-state index contributed by atoms with van der Waals surface area (Å²) in [4.78, 5) is 4.39. The Balaban J connectivity index is 2.23. The number of rotatable bonds is 3. The van der Waals surface area contributed by atoms with Crippen molar-refractivity contribution in [2.75, 3.05) is 12.3 Å². The van der Waals surface area contributed by atoms with E-state index in [2.05, 4.69) is 15.2 Å². The van der Waals surface area contributed by atoms with Crippen molar-refractivity contribution in [3.63, 3.8) is 0 Å². The summed E-state index contributed by atoms with van der Waals surface area (Å²) in [6.07, 6.45) is 0. The van der Waals surface area contributed by atoms with E-state index in [0.717, 1.165) is 28.0 Å². The number of nitrogens with zero attached hydrogens (tertiary/aromatic N) is 2. The molecule has 102 valence electrons. The Bertz CT molecular complexity index is 764. The van der Waals surface area contributed by atoms with Gasteiger partial charge in [-0.25, -0.2) is 4.98 Å². The number of ether oxygens (including phenoxy) is 1. The zero-order valence-corrected chi connectivity index (χ0v) is 11.5. The highest BCUT2D eigenvalue weighted by Crippen LogP contribution is 2.32. The normalized spacial score (nSPS) is 10.9. The monoisotopic (exact) mass is 268 g/mol. The summed E-state index contributed by atoms with van der Waals surface area (Å²) in [7, 11) is 0. The molecule has 0 spiro atoms. The lowest BCUT2D eigenvalue weighted by molar-refractivity contribution is 0.340. The van der Waals surface area contributed by atoms with E-state index in [1.54, 1.807) is 0 Å². The molecule has 2 aromatic heterocycles. The lowest BCUT2D eigenvalue weighted by Crippen LogP contribution is -1.93. The molecule has 0 fully saturated rings. The highest BCUT2D eigenvalue weighted by molar-refractivity contribution is 6.00. The first kappa shape index (κ1) is 12.5. The number of nitrogens with one attached hydrogen (secondary N) is 1. The zero-order valence-electron chi connectivity index (χ0n) is 11.5. The molecule has 0 saturated heterocycles. The van der Waals surface area contributed by atoms with Gasteiger partial charge in [-0.2, -0.15) is 5.10 Å². The molecule has 0 radical (unpaired) electrons. The van der Waals surface area contributed by atoms with Crippen LogP contribution in [0.3, 0.4) is 0 Å². The van der Waals surface area contributed by atoms with Crippen molar-refractivity contribution in [3.8, 4) is 16.9 Å². The highest BCUT2D eigenvalue weighted by atomic mass is 16.5. The predicted molar refractivity (Wildman–Crippen MR) is 79.6 cm³/mol. The van der Waals surface area contributed by atoms with E-state index < -0.39 is 0 Å². The van der Waals surface area contributed by atoms with Gasteiger partial charge in [-0.1, -0.05) is 12.1 Å². The number of pyridine rings is 1. The van der Waals surface area contributed by atoms with E-state index >= 15 is 0 Å². The Morgan fingerprint density at radius 3 is 2.95 bits per heavy atom. The second-order valence-electron chi connectivity index (χ2n) is 4.61. The second-order valence-corrected chi connectivity index (χ2v) is 4.61. The lowest BCUT2D eigenvalue weighted by atomic mass is 10.0. The lowest BCUT2D eigenvalue weighted by Gasteiger charge is -2.08. The minimum Gasteiger partial charge on any atom is -0.494 e. The number of hydrogen-bond donors (Lipinski definition) is 2. The fourth-order valence-electron chi connectivity index (χ4n) is 2.32. The van der Waals surface area contributed by atoms with Crippen molar-refractivity contribution < 1.29 is 4.74 Å². The maximum atomic E-state index is 5.97. The standard InChI is InChI=1S/C15H16N4O/c1-3-20-11-6-4-5-10(8-11)12-7-9(2)17-15-13(12)14(16)18-19-15/h4-8H,3H2,1-2H3,(H3,16,17,18,19). The summed E-state index contributed by atoms with van der Waals surface area (Å²) in [5, 5.41) is 7.77. The fraction of sp³-hybridized carbons (Fsp3) is 0.200. The van der Waals surface area contributed by atoms with Gasteiger partial charge >= 0.3 is 0 Å². The van der Waals surface area contributed by atoms with Gasteiger partial charge in [0.15, 0.2) is 5.65 Å². The number of fused-ring (bicyclic) bond motifs is 1. The Hall–Kier alpha value is -2.56. The maximum Gasteiger partial charge on any atom is 0.183 e. The number of aromatic nitrogens is 3. The first-order chi connectivity index (χ1) is 9.69. The summed E-state index contributed by atoms with van der Waals surface area (Å²) in [5.74, 6) is 1.37. The molecule has 3 aromatic rings. The quantitative estimate of drug-likeness (QED) is 0.765. The molecule has 5 heteroatoms. The van der Waals surface area contributed by atoms with E-state index in [1.807, 2.05) is 44.2 Å². The Labute approximate surface area is 116 Å². The minimum absolute atomic E-state index is 0.532. The molecule has 3 rings (SSSR count). The van der Waals surface area contributed by atoms with Crippen molar-refractivity contribution in [1.29, 1.82) is 0 Å². The molecule has 3 N–H and O–H groups in total. The molecule has 0 amide bonds. The van der Waals surface area contributed by atoms with E-state index in [0.29, 0.717) is 18.1 Å². The summed E-state index contributed by atoms with van der Waals surface area (Å²) in [5.41, 5.74) is 9.57. The molecule has 0 atom stereocenters. The van der Waals surface area contributed by atoms with Gasteiger partial charge in [0.2, 0.25) is 0 Å². The third-order valence-electron chi connectivity index (χ3n) is 3.14. The van der Waals surface area contributed by atoms with Crippen molar-refractivity contribution in [2.24, 2.45) is 0 Å². The molecule has 0 unspecified atom stereocenters. The van der Waals surface area contributed by atoms with Crippen LogP contribution in [0.2, 0.25) is 0 Å². The van der Waals surface area contributed by atoms with Crippen molar-refractivity contribution in [2.45, 2.75) is 13.8 Å². The van der Waals surface area contributed by atoms with Gasteiger partial charge in [0.25, 0.3) is 0 Å². The number of benzene rings is 1. The van der Waals surface area contributed by atoms with Gasteiger partial charge in [-0.05, 0) is 43.2 Å². The topological polar surface area (TPSA) is 76.8 Å². The first-order valence-electron chi connectivity index (χ1n) is 6.53. The largest absolute Gasteiger partial charge is 0.494 e. The molecule has 0 aliphatic rings. The van der Waals surface area contributed by atoms with Crippen LogP contribution in [0.1, 0.15) is 12.6 Å². The van der Waals surface area contributed by atoms with E-state index in [1.165, 1.54) is 0 Å². The van der Waals surface area contributed by atoms with Crippen molar-refractivity contribution in [1.82, 2.24) is 15.2 Å². The Morgan fingerprint density at radius 1 is 1.30 bits per heavy atom. The average molecular weight is 268 g/mol. The van der Waals surface area contributed by atoms with Crippen LogP contribution in [-0.2, 0) is 0 Å². The van der Waals surface area contributed by atoms with Crippen LogP contribution in [0, 0.1) is 6.92 Å². The van der Waals surface area contributed by atoms with Crippen LogP contribution in [0.15, 0.2) is 30.3 Å². The van der Waals surface area contributed by atoms with Crippen LogP contribution in [0.4, 0.5) is 5.82 Å². The van der Waals surface area contributed by atoms with Gasteiger partial charge in [0.05, 0.1) is 12.0 Å². The highest BCUT2D eigenvalue weighted by Gasteiger charge is 2.12. The van der Waals surface area contributed by atoms with Crippen LogP contribution in [-0.4, -0.2) is 21.8 Å².